The summed E-state index contributed by atoms with van der Waals surface area (Å²) in [5.74, 6) is 0.672. The number of hydrogen-bond donors (Lipinski definition) is 0. The Morgan fingerprint density at radius 2 is 2.31 bits per heavy atom. The van der Waals surface area contributed by atoms with Crippen LogP contribution in [0.3, 0.4) is 0 Å². The van der Waals surface area contributed by atoms with E-state index in [1.165, 1.54) is 25.0 Å². The van der Waals surface area contributed by atoms with Crippen LogP contribution in [0.1, 0.15) is 30.9 Å². The van der Waals surface area contributed by atoms with Gasteiger partial charge in [0.2, 0.25) is 0 Å². The zero-order valence-corrected chi connectivity index (χ0v) is 10.7. The van der Waals surface area contributed by atoms with Crippen molar-refractivity contribution in [3.8, 4) is 0 Å². The van der Waals surface area contributed by atoms with E-state index in [9.17, 15) is 0 Å². The van der Waals surface area contributed by atoms with E-state index in [-0.39, 0.29) is 0 Å². The van der Waals surface area contributed by atoms with E-state index in [1.807, 2.05) is 17.9 Å². The van der Waals surface area contributed by atoms with Crippen molar-refractivity contribution in [2.45, 2.75) is 30.0 Å². The highest BCUT2D eigenvalue weighted by Gasteiger charge is 2.27. The largest absolute Gasteiger partial charge is 0.271 e. The van der Waals surface area contributed by atoms with Crippen molar-refractivity contribution in [2.75, 3.05) is 0 Å². The van der Waals surface area contributed by atoms with Crippen molar-refractivity contribution in [3.63, 3.8) is 0 Å². The first kappa shape index (κ1) is 9.71. The fourth-order valence-electron chi connectivity index (χ4n) is 2.05. The number of aromatic nitrogens is 2. The molecular formula is C9H12Br2N2. The van der Waals surface area contributed by atoms with Gasteiger partial charge < -0.3 is 0 Å². The number of aryl methyl sites for hydroxylation is 1. The average Bonchev–Trinajstić information content (AvgIpc) is 2.60. The SMILES string of the molecule is Cn1ncc(Br)c1C1CCC(Br)C1. The van der Waals surface area contributed by atoms with Gasteiger partial charge in [-0.2, -0.15) is 5.10 Å². The lowest BCUT2D eigenvalue weighted by atomic mass is 10.0. The minimum atomic E-state index is 0.672. The van der Waals surface area contributed by atoms with Crippen LogP contribution < -0.4 is 0 Å². The van der Waals surface area contributed by atoms with Crippen molar-refractivity contribution in [2.24, 2.45) is 7.05 Å². The van der Waals surface area contributed by atoms with Gasteiger partial charge in [0.1, 0.15) is 0 Å². The summed E-state index contributed by atoms with van der Waals surface area (Å²) in [6.45, 7) is 0. The van der Waals surface area contributed by atoms with E-state index in [0.717, 1.165) is 4.47 Å². The maximum atomic E-state index is 4.24. The van der Waals surface area contributed by atoms with Crippen LogP contribution >= 0.6 is 31.9 Å². The maximum absolute atomic E-state index is 4.24. The summed E-state index contributed by atoms with van der Waals surface area (Å²) >= 11 is 7.22. The van der Waals surface area contributed by atoms with Crippen molar-refractivity contribution in [1.82, 2.24) is 9.78 Å². The van der Waals surface area contributed by atoms with Crippen LogP contribution in [-0.4, -0.2) is 14.6 Å². The van der Waals surface area contributed by atoms with Crippen LogP contribution in [-0.2, 0) is 7.05 Å². The highest BCUT2D eigenvalue weighted by molar-refractivity contribution is 9.10. The Morgan fingerprint density at radius 1 is 1.54 bits per heavy atom. The van der Waals surface area contributed by atoms with Crippen LogP contribution in [0.4, 0.5) is 0 Å². The van der Waals surface area contributed by atoms with Gasteiger partial charge in [-0.15, -0.1) is 0 Å². The van der Waals surface area contributed by atoms with E-state index < -0.39 is 0 Å². The fourth-order valence-corrected chi connectivity index (χ4v) is 3.44. The van der Waals surface area contributed by atoms with E-state index in [4.69, 9.17) is 0 Å². The van der Waals surface area contributed by atoms with Crippen molar-refractivity contribution in [3.05, 3.63) is 16.4 Å². The van der Waals surface area contributed by atoms with Crippen LogP contribution in [0.15, 0.2) is 10.7 Å². The number of halogens is 2. The molecule has 72 valence electrons. The normalized spacial score (nSPS) is 28.2. The first-order chi connectivity index (χ1) is 6.18. The molecule has 0 spiro atoms. The Hall–Kier alpha value is 0.170. The predicted molar refractivity (Wildman–Crippen MR) is 60.2 cm³/mol. The molecule has 0 N–H and O–H groups in total. The van der Waals surface area contributed by atoms with Gasteiger partial charge in [-0.1, -0.05) is 15.9 Å². The second-order valence-corrected chi connectivity index (χ2v) is 5.76. The minimum absolute atomic E-state index is 0.672. The molecule has 2 unspecified atom stereocenters. The molecule has 0 amide bonds. The number of alkyl halides is 1. The van der Waals surface area contributed by atoms with E-state index >= 15 is 0 Å². The molecule has 2 rings (SSSR count). The molecule has 1 heterocycles. The molecule has 1 fully saturated rings. The molecule has 0 bridgehead atoms. The zero-order chi connectivity index (χ0) is 9.42. The van der Waals surface area contributed by atoms with Crippen molar-refractivity contribution < 1.29 is 0 Å². The van der Waals surface area contributed by atoms with Gasteiger partial charge in [-0.3, -0.25) is 4.68 Å². The topological polar surface area (TPSA) is 17.8 Å². The minimum Gasteiger partial charge on any atom is -0.271 e. The van der Waals surface area contributed by atoms with Gasteiger partial charge in [0.05, 0.1) is 16.4 Å². The zero-order valence-electron chi connectivity index (χ0n) is 7.50. The van der Waals surface area contributed by atoms with E-state index in [0.29, 0.717) is 10.7 Å². The second kappa shape index (κ2) is 3.73. The number of nitrogens with zero attached hydrogens (tertiary/aromatic N) is 2. The molecule has 2 atom stereocenters. The smallest absolute Gasteiger partial charge is 0.0635 e. The average molecular weight is 308 g/mol. The molecule has 2 nitrogen and oxygen atoms in total. The molecule has 1 saturated carbocycles. The Balaban J connectivity index is 2.25. The molecule has 1 aromatic heterocycles. The monoisotopic (exact) mass is 306 g/mol. The third-order valence-corrected chi connectivity index (χ3v) is 4.14. The van der Waals surface area contributed by atoms with Crippen LogP contribution in [0.5, 0.6) is 0 Å². The second-order valence-electron chi connectivity index (χ2n) is 3.61. The predicted octanol–water partition coefficient (Wildman–Crippen LogP) is 3.21. The van der Waals surface area contributed by atoms with Gasteiger partial charge in [-0.05, 0) is 35.2 Å². The van der Waals surface area contributed by atoms with Crippen LogP contribution in [0.2, 0.25) is 0 Å². The van der Waals surface area contributed by atoms with Crippen LogP contribution in [0, 0.1) is 0 Å². The molecule has 13 heavy (non-hydrogen) atoms. The first-order valence-corrected chi connectivity index (χ1v) is 6.21. The van der Waals surface area contributed by atoms with Gasteiger partial charge in [0.15, 0.2) is 0 Å². The highest BCUT2D eigenvalue weighted by atomic mass is 79.9. The lowest BCUT2D eigenvalue weighted by molar-refractivity contribution is 0.616. The maximum Gasteiger partial charge on any atom is 0.0635 e. The molecule has 0 saturated heterocycles. The van der Waals surface area contributed by atoms with Gasteiger partial charge in [-0.25, -0.2) is 0 Å². The van der Waals surface area contributed by atoms with Crippen LogP contribution in [0.25, 0.3) is 0 Å². The standard InChI is InChI=1S/C9H12Br2N2/c1-13-9(8(11)5-12-13)6-2-3-7(10)4-6/h5-7H,2-4H2,1H3. The van der Waals surface area contributed by atoms with Gasteiger partial charge in [0, 0.05) is 17.8 Å². The Bertz CT molecular complexity index is 289. The summed E-state index contributed by atoms with van der Waals surface area (Å²) in [7, 11) is 2.02. The van der Waals surface area contributed by atoms with Crippen molar-refractivity contribution >= 4 is 31.9 Å². The fraction of sp³-hybridized carbons (Fsp3) is 0.667. The summed E-state index contributed by atoms with van der Waals surface area (Å²) < 4.78 is 3.14. The molecule has 4 heteroatoms. The lowest BCUT2D eigenvalue weighted by Crippen LogP contribution is -2.03. The molecule has 0 aliphatic heterocycles. The number of hydrogen-bond acceptors (Lipinski definition) is 1. The molecule has 1 aliphatic carbocycles. The summed E-state index contributed by atoms with van der Waals surface area (Å²) in [5.41, 5.74) is 1.35. The Kier molecular flexibility index (Phi) is 2.79. The van der Waals surface area contributed by atoms with Crippen molar-refractivity contribution in [1.29, 1.82) is 0 Å². The third-order valence-electron chi connectivity index (χ3n) is 2.69. The molecule has 1 aromatic rings. The summed E-state index contributed by atoms with van der Waals surface area (Å²) in [6, 6.07) is 0. The first-order valence-electron chi connectivity index (χ1n) is 4.50. The summed E-state index contributed by atoms with van der Waals surface area (Å²) in [5, 5.41) is 4.24. The van der Waals surface area contributed by atoms with E-state index in [2.05, 4.69) is 37.0 Å². The Morgan fingerprint density at radius 3 is 2.77 bits per heavy atom. The summed E-state index contributed by atoms with van der Waals surface area (Å²) in [6.07, 6.45) is 5.67. The Labute approximate surface area is 95.0 Å². The van der Waals surface area contributed by atoms with E-state index in [1.54, 1.807) is 0 Å². The number of rotatable bonds is 1. The third kappa shape index (κ3) is 1.84. The quantitative estimate of drug-likeness (QED) is 0.729. The molecule has 0 aromatic carbocycles. The molecular weight excluding hydrogens is 296 g/mol. The highest BCUT2D eigenvalue weighted by Crippen LogP contribution is 2.40. The molecule has 0 radical (unpaired) electrons. The molecule has 1 aliphatic rings. The lowest BCUT2D eigenvalue weighted by Gasteiger charge is -2.10. The summed E-state index contributed by atoms with van der Waals surface area (Å²) in [4.78, 5) is 0.694. The van der Waals surface area contributed by atoms with Gasteiger partial charge >= 0.3 is 0 Å². The van der Waals surface area contributed by atoms with Gasteiger partial charge in [0.25, 0.3) is 0 Å².